The van der Waals surface area contributed by atoms with Crippen molar-refractivity contribution in [3.05, 3.63) is 34.9 Å². The number of likely N-dealkylation sites (N-methyl/N-ethyl adjacent to an activating group) is 1. The predicted molar refractivity (Wildman–Crippen MR) is 81.6 cm³/mol. The van der Waals surface area contributed by atoms with Crippen molar-refractivity contribution in [2.75, 3.05) is 39.9 Å². The summed E-state index contributed by atoms with van der Waals surface area (Å²) in [5.74, 6) is 0.545. The SMILES string of the molecule is CN1C[C@H]2COC[C@@H]1CN(C(=O)c1cccc3c1COC3)C2. The third-order valence-electron chi connectivity index (χ3n) is 5.04. The zero-order valence-corrected chi connectivity index (χ0v) is 13.0. The molecule has 0 radical (unpaired) electrons. The Bertz CT molecular complexity index is 589. The van der Waals surface area contributed by atoms with Crippen molar-refractivity contribution >= 4 is 5.91 Å². The number of hydrogen-bond donors (Lipinski definition) is 0. The van der Waals surface area contributed by atoms with Crippen LogP contribution in [0.4, 0.5) is 0 Å². The summed E-state index contributed by atoms with van der Waals surface area (Å²) in [5.41, 5.74) is 3.05. The number of fused-ring (bicyclic) bond motifs is 4. The smallest absolute Gasteiger partial charge is 0.254 e. The minimum absolute atomic E-state index is 0.148. The quantitative estimate of drug-likeness (QED) is 0.779. The van der Waals surface area contributed by atoms with Crippen LogP contribution in [0.2, 0.25) is 0 Å². The number of hydrogen-bond acceptors (Lipinski definition) is 4. The maximum atomic E-state index is 13.1. The minimum Gasteiger partial charge on any atom is -0.379 e. The molecule has 0 aromatic heterocycles. The normalized spacial score (nSPS) is 28.3. The van der Waals surface area contributed by atoms with E-state index in [0.29, 0.717) is 31.8 Å². The Kier molecular flexibility index (Phi) is 3.64. The van der Waals surface area contributed by atoms with Gasteiger partial charge in [0.15, 0.2) is 0 Å². The molecular weight excluding hydrogens is 280 g/mol. The van der Waals surface area contributed by atoms with Crippen molar-refractivity contribution in [3.63, 3.8) is 0 Å². The molecule has 0 saturated carbocycles. The molecule has 3 aliphatic rings. The Labute approximate surface area is 130 Å². The van der Waals surface area contributed by atoms with Gasteiger partial charge >= 0.3 is 0 Å². The van der Waals surface area contributed by atoms with Gasteiger partial charge in [0.1, 0.15) is 0 Å². The fourth-order valence-corrected chi connectivity index (χ4v) is 3.79. The summed E-state index contributed by atoms with van der Waals surface area (Å²) >= 11 is 0. The highest BCUT2D eigenvalue weighted by Gasteiger charge is 2.34. The highest BCUT2D eigenvalue weighted by Crippen LogP contribution is 2.26. The van der Waals surface area contributed by atoms with Crippen LogP contribution in [0.3, 0.4) is 0 Å². The molecular formula is C17H22N2O3. The number of rotatable bonds is 1. The highest BCUT2D eigenvalue weighted by molar-refractivity contribution is 5.96. The second-order valence-electron chi connectivity index (χ2n) is 6.64. The summed E-state index contributed by atoms with van der Waals surface area (Å²) in [4.78, 5) is 17.4. The molecule has 1 aromatic rings. The van der Waals surface area contributed by atoms with E-state index in [4.69, 9.17) is 9.47 Å². The van der Waals surface area contributed by atoms with Gasteiger partial charge in [0.05, 0.1) is 32.5 Å². The first kappa shape index (κ1) is 14.2. The van der Waals surface area contributed by atoms with Gasteiger partial charge in [-0.1, -0.05) is 12.1 Å². The number of carbonyl (C=O) groups is 1. The summed E-state index contributed by atoms with van der Waals surface area (Å²) in [7, 11) is 2.13. The molecule has 1 amide bonds. The lowest BCUT2D eigenvalue weighted by Gasteiger charge is -2.30. The van der Waals surface area contributed by atoms with Crippen molar-refractivity contribution < 1.29 is 14.3 Å². The average molecular weight is 302 g/mol. The minimum atomic E-state index is 0.148. The number of benzene rings is 1. The van der Waals surface area contributed by atoms with Crippen LogP contribution in [-0.2, 0) is 22.7 Å². The highest BCUT2D eigenvalue weighted by atomic mass is 16.5. The van der Waals surface area contributed by atoms with Crippen molar-refractivity contribution in [2.24, 2.45) is 5.92 Å². The van der Waals surface area contributed by atoms with Crippen LogP contribution in [0.15, 0.2) is 18.2 Å². The fraction of sp³-hybridized carbons (Fsp3) is 0.588. The van der Waals surface area contributed by atoms with Crippen LogP contribution in [0.5, 0.6) is 0 Å². The van der Waals surface area contributed by atoms with Gasteiger partial charge in [0, 0.05) is 31.1 Å². The van der Waals surface area contributed by atoms with Crippen LogP contribution < -0.4 is 0 Å². The van der Waals surface area contributed by atoms with E-state index in [9.17, 15) is 4.79 Å². The first-order chi connectivity index (χ1) is 10.7. The molecule has 0 spiro atoms. The van der Waals surface area contributed by atoms with E-state index < -0.39 is 0 Å². The van der Waals surface area contributed by atoms with Crippen LogP contribution in [0, 0.1) is 5.92 Å². The Morgan fingerprint density at radius 2 is 2.05 bits per heavy atom. The largest absolute Gasteiger partial charge is 0.379 e. The maximum absolute atomic E-state index is 13.1. The topological polar surface area (TPSA) is 42.0 Å². The summed E-state index contributed by atoms with van der Waals surface area (Å²) in [6.45, 7) is 5.18. The molecule has 5 nitrogen and oxygen atoms in total. The number of nitrogens with zero attached hydrogens (tertiary/aromatic N) is 2. The van der Waals surface area contributed by atoms with Gasteiger partial charge in [-0.15, -0.1) is 0 Å². The maximum Gasteiger partial charge on any atom is 0.254 e. The molecule has 2 bridgehead atoms. The molecule has 2 fully saturated rings. The van der Waals surface area contributed by atoms with E-state index in [1.165, 1.54) is 0 Å². The average Bonchev–Trinajstić information content (AvgIpc) is 2.83. The predicted octanol–water partition coefficient (Wildman–Crippen LogP) is 1.12. The molecule has 0 unspecified atom stereocenters. The van der Waals surface area contributed by atoms with Crippen molar-refractivity contribution in [3.8, 4) is 0 Å². The van der Waals surface area contributed by atoms with E-state index in [-0.39, 0.29) is 5.91 Å². The monoisotopic (exact) mass is 302 g/mol. The van der Waals surface area contributed by atoms with Crippen LogP contribution >= 0.6 is 0 Å². The van der Waals surface area contributed by atoms with E-state index in [1.807, 2.05) is 17.0 Å². The Hall–Kier alpha value is -1.43. The second kappa shape index (κ2) is 5.65. The first-order valence-corrected chi connectivity index (χ1v) is 7.98. The molecule has 4 rings (SSSR count). The third kappa shape index (κ3) is 2.43. The van der Waals surface area contributed by atoms with E-state index >= 15 is 0 Å². The third-order valence-corrected chi connectivity index (χ3v) is 5.04. The molecule has 2 atom stereocenters. The van der Waals surface area contributed by atoms with E-state index in [0.717, 1.165) is 42.9 Å². The molecule has 0 aliphatic carbocycles. The molecule has 2 saturated heterocycles. The standard InChI is InChI=1S/C17H22N2O3/c1-18-5-12-6-19(7-14(18)10-21-8-12)17(20)15-4-2-3-13-9-22-11-16(13)15/h2-4,12,14H,5-11H2,1H3/t12-,14+/m1/s1. The summed E-state index contributed by atoms with van der Waals surface area (Å²) in [6.07, 6.45) is 0. The second-order valence-corrected chi connectivity index (χ2v) is 6.64. The van der Waals surface area contributed by atoms with Gasteiger partial charge in [-0.3, -0.25) is 9.69 Å². The van der Waals surface area contributed by atoms with Gasteiger partial charge in [-0.2, -0.15) is 0 Å². The van der Waals surface area contributed by atoms with Gasteiger partial charge in [0.25, 0.3) is 5.91 Å². The van der Waals surface area contributed by atoms with Crippen molar-refractivity contribution in [2.45, 2.75) is 19.3 Å². The molecule has 0 N–H and O–H groups in total. The van der Waals surface area contributed by atoms with Crippen LogP contribution in [0.25, 0.3) is 0 Å². The van der Waals surface area contributed by atoms with E-state index in [2.05, 4.69) is 18.0 Å². The molecule has 5 heteroatoms. The fourth-order valence-electron chi connectivity index (χ4n) is 3.79. The number of ether oxygens (including phenoxy) is 2. The zero-order chi connectivity index (χ0) is 15.1. The summed E-state index contributed by atoms with van der Waals surface area (Å²) in [5, 5.41) is 0. The Morgan fingerprint density at radius 1 is 1.14 bits per heavy atom. The molecule has 3 aliphatic heterocycles. The number of carbonyl (C=O) groups excluding carboxylic acids is 1. The lowest BCUT2D eigenvalue weighted by molar-refractivity contribution is 0.0432. The van der Waals surface area contributed by atoms with Crippen molar-refractivity contribution in [1.82, 2.24) is 9.80 Å². The first-order valence-electron chi connectivity index (χ1n) is 7.98. The van der Waals surface area contributed by atoms with Crippen molar-refractivity contribution in [1.29, 1.82) is 0 Å². The summed E-state index contributed by atoms with van der Waals surface area (Å²) in [6, 6.07) is 6.26. The molecule has 118 valence electrons. The number of amides is 1. The molecule has 22 heavy (non-hydrogen) atoms. The van der Waals surface area contributed by atoms with Gasteiger partial charge < -0.3 is 14.4 Å². The van der Waals surface area contributed by atoms with Crippen LogP contribution in [-0.4, -0.2) is 61.6 Å². The van der Waals surface area contributed by atoms with Gasteiger partial charge in [-0.05, 0) is 24.2 Å². The Morgan fingerprint density at radius 3 is 2.95 bits per heavy atom. The van der Waals surface area contributed by atoms with Crippen LogP contribution in [0.1, 0.15) is 21.5 Å². The zero-order valence-electron chi connectivity index (χ0n) is 13.0. The van der Waals surface area contributed by atoms with Gasteiger partial charge in [0.2, 0.25) is 0 Å². The summed E-state index contributed by atoms with van der Waals surface area (Å²) < 4.78 is 11.3. The lowest BCUT2D eigenvalue weighted by Crippen LogP contribution is -2.45. The molecule has 1 aromatic carbocycles. The molecule has 3 heterocycles. The van der Waals surface area contributed by atoms with Gasteiger partial charge in [-0.25, -0.2) is 0 Å². The Balaban J connectivity index is 1.62. The lowest BCUT2D eigenvalue weighted by atomic mass is 10.0. The van der Waals surface area contributed by atoms with E-state index in [1.54, 1.807) is 0 Å².